The van der Waals surface area contributed by atoms with Gasteiger partial charge in [0.2, 0.25) is 5.91 Å². The molecular formula is C25H29N5OS. The number of anilines is 1. The zero-order chi connectivity index (χ0) is 22.8. The molecule has 0 aliphatic carbocycles. The molecule has 0 saturated carbocycles. The van der Waals surface area contributed by atoms with Crippen molar-refractivity contribution in [2.75, 3.05) is 11.9 Å². The molecule has 0 bridgehead atoms. The second-order valence-electron chi connectivity index (χ2n) is 8.46. The number of amides is 1. The highest BCUT2D eigenvalue weighted by molar-refractivity contribution is 7.80. The molecule has 2 N–H and O–H groups in total. The van der Waals surface area contributed by atoms with Gasteiger partial charge in [-0.1, -0.05) is 24.3 Å². The van der Waals surface area contributed by atoms with Crippen LogP contribution >= 0.6 is 12.2 Å². The molecule has 1 aromatic carbocycles. The first kappa shape index (κ1) is 22.0. The Morgan fingerprint density at radius 3 is 2.50 bits per heavy atom. The smallest absolute Gasteiger partial charge is 0.244 e. The van der Waals surface area contributed by atoms with Crippen molar-refractivity contribution in [3.8, 4) is 0 Å². The lowest BCUT2D eigenvalue weighted by Crippen LogP contribution is -2.37. The van der Waals surface area contributed by atoms with Crippen LogP contribution in [0.25, 0.3) is 0 Å². The van der Waals surface area contributed by atoms with E-state index in [1.165, 1.54) is 11.4 Å². The van der Waals surface area contributed by atoms with Gasteiger partial charge in [-0.25, -0.2) is 0 Å². The van der Waals surface area contributed by atoms with Crippen molar-refractivity contribution in [1.29, 1.82) is 0 Å². The van der Waals surface area contributed by atoms with E-state index in [-0.39, 0.29) is 24.5 Å². The predicted molar refractivity (Wildman–Crippen MR) is 132 cm³/mol. The Hall–Kier alpha value is -3.19. The van der Waals surface area contributed by atoms with Crippen molar-refractivity contribution >= 4 is 28.9 Å². The summed E-state index contributed by atoms with van der Waals surface area (Å²) in [5.41, 5.74) is 5.21. The minimum atomic E-state index is -0.144. The number of carbonyl (C=O) groups is 1. The quantitative estimate of drug-likeness (QED) is 0.537. The molecule has 0 spiro atoms. The molecular weight excluding hydrogens is 418 g/mol. The second kappa shape index (κ2) is 9.12. The number of pyridine rings is 1. The molecule has 0 radical (unpaired) electrons. The third-order valence-electron chi connectivity index (χ3n) is 5.93. The van der Waals surface area contributed by atoms with E-state index in [1.54, 1.807) is 6.20 Å². The maximum atomic E-state index is 12.9. The average molecular weight is 448 g/mol. The summed E-state index contributed by atoms with van der Waals surface area (Å²) in [6, 6.07) is 17.6. The standard InChI is InChI=1S/C25H29N5OS/c1-16(2)30-17(3)14-20(18(30)4)24-23(21-12-8-9-13-26-21)28-25(32)29(24)15-22(31)27-19-10-6-5-7-11-19/h5-14,16,23-24H,15H2,1-4H3,(H,27,31)(H,28,32)/t23-,24-/m0/s1. The van der Waals surface area contributed by atoms with E-state index in [1.807, 2.05) is 53.4 Å². The number of nitrogens with one attached hydrogen (secondary N) is 2. The molecule has 166 valence electrons. The largest absolute Gasteiger partial charge is 0.352 e. The van der Waals surface area contributed by atoms with Crippen molar-refractivity contribution in [3.05, 3.63) is 83.4 Å². The fourth-order valence-corrected chi connectivity index (χ4v) is 4.99. The van der Waals surface area contributed by atoms with Crippen LogP contribution in [0.2, 0.25) is 0 Å². The number of aromatic nitrogens is 2. The van der Waals surface area contributed by atoms with Gasteiger partial charge >= 0.3 is 0 Å². The van der Waals surface area contributed by atoms with Crippen LogP contribution in [0.5, 0.6) is 0 Å². The summed E-state index contributed by atoms with van der Waals surface area (Å²) < 4.78 is 2.33. The first-order valence-corrected chi connectivity index (χ1v) is 11.3. The molecule has 1 amide bonds. The number of thiocarbonyl (C=S) groups is 1. The highest BCUT2D eigenvalue weighted by atomic mass is 32.1. The van der Waals surface area contributed by atoms with E-state index in [0.717, 1.165) is 16.9 Å². The maximum absolute atomic E-state index is 12.9. The van der Waals surface area contributed by atoms with Gasteiger partial charge in [-0.15, -0.1) is 0 Å². The summed E-state index contributed by atoms with van der Waals surface area (Å²) in [4.78, 5) is 19.5. The predicted octanol–water partition coefficient (Wildman–Crippen LogP) is 4.69. The number of benzene rings is 1. The third kappa shape index (κ3) is 4.25. The molecule has 3 aromatic rings. The van der Waals surface area contributed by atoms with E-state index in [0.29, 0.717) is 11.2 Å². The second-order valence-corrected chi connectivity index (χ2v) is 8.85. The van der Waals surface area contributed by atoms with Crippen molar-refractivity contribution in [2.24, 2.45) is 0 Å². The van der Waals surface area contributed by atoms with Crippen molar-refractivity contribution in [1.82, 2.24) is 19.8 Å². The van der Waals surface area contributed by atoms with Gasteiger partial charge in [0.05, 0.1) is 17.8 Å². The molecule has 6 nitrogen and oxygen atoms in total. The number of carbonyl (C=O) groups excluding carboxylic acids is 1. The topological polar surface area (TPSA) is 62.2 Å². The maximum Gasteiger partial charge on any atom is 0.244 e. The first-order valence-electron chi connectivity index (χ1n) is 10.9. The molecule has 2 aromatic heterocycles. The van der Waals surface area contributed by atoms with Gasteiger partial charge in [0.25, 0.3) is 0 Å². The fraction of sp³-hybridized carbons (Fsp3) is 0.320. The van der Waals surface area contributed by atoms with Gasteiger partial charge in [0.1, 0.15) is 6.54 Å². The summed E-state index contributed by atoms with van der Waals surface area (Å²) in [6.07, 6.45) is 1.79. The van der Waals surface area contributed by atoms with Gasteiger partial charge in [-0.3, -0.25) is 9.78 Å². The van der Waals surface area contributed by atoms with E-state index in [2.05, 4.69) is 53.9 Å². The highest BCUT2D eigenvalue weighted by Crippen LogP contribution is 2.41. The monoisotopic (exact) mass is 447 g/mol. The summed E-state index contributed by atoms with van der Waals surface area (Å²) in [5, 5.41) is 6.96. The first-order chi connectivity index (χ1) is 15.4. The van der Waals surface area contributed by atoms with Crippen LogP contribution in [0.3, 0.4) is 0 Å². The van der Waals surface area contributed by atoms with Gasteiger partial charge in [-0.05, 0) is 75.8 Å². The number of hydrogen-bond donors (Lipinski definition) is 2. The lowest BCUT2D eigenvalue weighted by atomic mass is 9.96. The van der Waals surface area contributed by atoms with Crippen LogP contribution in [0.4, 0.5) is 5.69 Å². The van der Waals surface area contributed by atoms with Gasteiger partial charge in [-0.2, -0.15) is 0 Å². The zero-order valence-electron chi connectivity index (χ0n) is 18.9. The Bertz CT molecular complexity index is 1110. The van der Waals surface area contributed by atoms with Crippen molar-refractivity contribution < 1.29 is 4.79 Å². The van der Waals surface area contributed by atoms with Crippen molar-refractivity contribution in [3.63, 3.8) is 0 Å². The normalized spacial score (nSPS) is 18.2. The summed E-state index contributed by atoms with van der Waals surface area (Å²) in [7, 11) is 0. The molecule has 1 aliphatic rings. The lowest BCUT2D eigenvalue weighted by Gasteiger charge is -2.28. The molecule has 1 aliphatic heterocycles. The third-order valence-corrected chi connectivity index (χ3v) is 6.28. The van der Waals surface area contributed by atoms with Gasteiger partial charge in [0.15, 0.2) is 5.11 Å². The van der Waals surface area contributed by atoms with E-state index in [9.17, 15) is 4.79 Å². The summed E-state index contributed by atoms with van der Waals surface area (Å²) >= 11 is 5.71. The zero-order valence-corrected chi connectivity index (χ0v) is 19.7. The molecule has 32 heavy (non-hydrogen) atoms. The molecule has 1 fully saturated rings. The number of aryl methyl sites for hydroxylation is 1. The SMILES string of the molecule is Cc1cc([C@H]2[C@H](c3ccccn3)NC(=S)N2CC(=O)Nc2ccccc2)c(C)n1C(C)C. The van der Waals surface area contributed by atoms with E-state index >= 15 is 0 Å². The van der Waals surface area contributed by atoms with Crippen LogP contribution < -0.4 is 10.6 Å². The minimum Gasteiger partial charge on any atom is -0.352 e. The molecule has 1 saturated heterocycles. The van der Waals surface area contributed by atoms with Gasteiger partial charge in [0, 0.05) is 29.3 Å². The molecule has 7 heteroatoms. The highest BCUT2D eigenvalue weighted by Gasteiger charge is 2.42. The van der Waals surface area contributed by atoms with Crippen LogP contribution in [0.1, 0.15) is 54.6 Å². The Morgan fingerprint density at radius 2 is 1.88 bits per heavy atom. The number of nitrogens with zero attached hydrogens (tertiary/aromatic N) is 3. The Labute approximate surface area is 194 Å². The Balaban J connectivity index is 1.70. The number of hydrogen-bond acceptors (Lipinski definition) is 3. The van der Waals surface area contributed by atoms with Crippen molar-refractivity contribution in [2.45, 2.75) is 45.8 Å². The molecule has 4 rings (SSSR count). The van der Waals surface area contributed by atoms with E-state index in [4.69, 9.17) is 12.2 Å². The molecule has 3 heterocycles. The van der Waals surface area contributed by atoms with Crippen LogP contribution in [-0.2, 0) is 4.79 Å². The van der Waals surface area contributed by atoms with E-state index < -0.39 is 0 Å². The van der Waals surface area contributed by atoms with Gasteiger partial charge < -0.3 is 20.1 Å². The fourth-order valence-electron chi connectivity index (χ4n) is 4.69. The van der Waals surface area contributed by atoms with Crippen LogP contribution in [0, 0.1) is 13.8 Å². The molecule has 0 unspecified atom stereocenters. The van der Waals surface area contributed by atoms with Crippen LogP contribution in [-0.4, -0.2) is 32.0 Å². The van der Waals surface area contributed by atoms with Crippen LogP contribution in [0.15, 0.2) is 60.8 Å². The minimum absolute atomic E-state index is 0.107. The number of para-hydroxylation sites is 1. The average Bonchev–Trinajstić information content (AvgIpc) is 3.24. The summed E-state index contributed by atoms with van der Waals surface area (Å²) in [6.45, 7) is 8.78. The number of rotatable bonds is 6. The Morgan fingerprint density at radius 1 is 1.16 bits per heavy atom. The lowest BCUT2D eigenvalue weighted by molar-refractivity contribution is -0.116. The summed E-state index contributed by atoms with van der Waals surface area (Å²) in [5.74, 6) is -0.107. The molecule has 2 atom stereocenters. The Kier molecular flexibility index (Phi) is 6.28.